The molecule has 0 aliphatic carbocycles. The van der Waals surface area contributed by atoms with Crippen LogP contribution in [0.5, 0.6) is 0 Å². The number of allylic oxidation sites excluding steroid dienone is 4. The Labute approximate surface area is 119 Å². The first-order valence-electron chi connectivity index (χ1n) is 6.40. The van der Waals surface area contributed by atoms with E-state index in [0.717, 1.165) is 16.8 Å². The molecule has 0 radical (unpaired) electrons. The summed E-state index contributed by atoms with van der Waals surface area (Å²) in [6.07, 6.45) is 5.41. The third-order valence-electron chi connectivity index (χ3n) is 2.93. The van der Waals surface area contributed by atoms with E-state index in [1.54, 1.807) is 16.8 Å². The summed E-state index contributed by atoms with van der Waals surface area (Å²) in [5, 5.41) is 4.58. The summed E-state index contributed by atoms with van der Waals surface area (Å²) in [6, 6.07) is 13.8. The van der Waals surface area contributed by atoms with Crippen LogP contribution in [0.1, 0.15) is 0 Å². The molecule has 2 aromatic rings. The van der Waals surface area contributed by atoms with Crippen LogP contribution in [0.2, 0.25) is 0 Å². The molecule has 0 spiro atoms. The maximum Gasteiger partial charge on any atom is 0.293 e. The lowest BCUT2D eigenvalue weighted by molar-refractivity contribution is -0.731. The van der Waals surface area contributed by atoms with Crippen molar-refractivity contribution in [1.29, 1.82) is 0 Å². The summed E-state index contributed by atoms with van der Waals surface area (Å²) < 4.78 is 1.76. The fraction of sp³-hybridized carbons (Fsp3) is 0.0588. The zero-order chi connectivity index (χ0) is 14.4. The number of nitrogens with zero attached hydrogens (tertiary/aromatic N) is 2. The highest BCUT2D eigenvalue weighted by Gasteiger charge is 2.10. The maximum atomic E-state index is 5.98. The van der Waals surface area contributed by atoms with Crippen LogP contribution in [0.15, 0.2) is 79.4 Å². The minimum atomic E-state index is 0.571. The largest absolute Gasteiger partial charge is 0.293 e. The van der Waals surface area contributed by atoms with E-state index < -0.39 is 0 Å². The predicted molar refractivity (Wildman–Crippen MR) is 82.8 cm³/mol. The second-order valence-corrected chi connectivity index (χ2v) is 4.35. The van der Waals surface area contributed by atoms with Gasteiger partial charge in [-0.1, -0.05) is 66.8 Å². The van der Waals surface area contributed by atoms with Gasteiger partial charge in [0.1, 0.15) is 12.2 Å². The van der Waals surface area contributed by atoms with Crippen LogP contribution in [0.4, 0.5) is 5.82 Å². The van der Waals surface area contributed by atoms with Crippen molar-refractivity contribution in [3.05, 3.63) is 79.4 Å². The number of nitrogens with two attached hydrogens (primary N) is 1. The van der Waals surface area contributed by atoms with Crippen LogP contribution in [0.3, 0.4) is 0 Å². The molecule has 1 aromatic heterocycles. The van der Waals surface area contributed by atoms with E-state index in [-0.39, 0.29) is 0 Å². The normalized spacial score (nSPS) is 11.1. The number of hydrogen-bond acceptors (Lipinski definition) is 2. The van der Waals surface area contributed by atoms with Gasteiger partial charge in [0, 0.05) is 11.6 Å². The van der Waals surface area contributed by atoms with E-state index in [2.05, 4.69) is 18.3 Å². The number of anilines is 1. The summed E-state index contributed by atoms with van der Waals surface area (Å²) in [6.45, 7) is 8.05. The Morgan fingerprint density at radius 1 is 1.15 bits per heavy atom. The molecule has 0 amide bonds. The molecule has 3 nitrogen and oxygen atoms in total. The third kappa shape index (κ3) is 3.20. The Balaban J connectivity index is 2.37. The summed E-state index contributed by atoms with van der Waals surface area (Å²) >= 11 is 0. The van der Waals surface area contributed by atoms with Crippen molar-refractivity contribution in [3.63, 3.8) is 0 Å². The average Bonchev–Trinajstić information content (AvgIpc) is 2.49. The highest BCUT2D eigenvalue weighted by atomic mass is 15.3. The Morgan fingerprint density at radius 2 is 1.90 bits per heavy atom. The molecule has 1 aromatic carbocycles. The quantitative estimate of drug-likeness (QED) is 0.666. The van der Waals surface area contributed by atoms with Crippen molar-refractivity contribution < 1.29 is 4.68 Å². The summed E-state index contributed by atoms with van der Waals surface area (Å²) in [5.74, 6) is 0.612. The van der Waals surface area contributed by atoms with Gasteiger partial charge in [-0.2, -0.15) is 0 Å². The number of hydrogen-bond donors (Lipinski definition) is 1. The number of benzene rings is 1. The van der Waals surface area contributed by atoms with Crippen molar-refractivity contribution in [2.24, 2.45) is 0 Å². The minimum Gasteiger partial charge on any atom is -0.285 e. The van der Waals surface area contributed by atoms with Gasteiger partial charge in [0.2, 0.25) is 0 Å². The Morgan fingerprint density at radius 3 is 2.55 bits per heavy atom. The van der Waals surface area contributed by atoms with Crippen LogP contribution in [-0.4, -0.2) is 5.10 Å². The van der Waals surface area contributed by atoms with Crippen molar-refractivity contribution in [2.45, 2.75) is 6.54 Å². The van der Waals surface area contributed by atoms with E-state index in [9.17, 15) is 0 Å². The van der Waals surface area contributed by atoms with Gasteiger partial charge in [-0.05, 0) is 11.6 Å². The van der Waals surface area contributed by atoms with Gasteiger partial charge in [-0.25, -0.2) is 0 Å². The van der Waals surface area contributed by atoms with Gasteiger partial charge in [-0.15, -0.1) is 4.68 Å². The molecule has 0 saturated heterocycles. The SMILES string of the molecule is C=C/C=C(\C=C)C[n+]1nc(-c2ccccc2)ccc1N. The Hall–Kier alpha value is -2.68. The molecule has 20 heavy (non-hydrogen) atoms. The topological polar surface area (TPSA) is 42.8 Å². The molecule has 0 atom stereocenters. The summed E-state index contributed by atoms with van der Waals surface area (Å²) in [7, 11) is 0. The molecular formula is C17H18N3+. The molecule has 2 rings (SSSR count). The molecule has 0 saturated carbocycles. The fourth-order valence-corrected chi connectivity index (χ4v) is 1.87. The molecule has 0 unspecified atom stereocenters. The number of aromatic nitrogens is 2. The molecule has 0 aliphatic heterocycles. The first-order valence-corrected chi connectivity index (χ1v) is 6.40. The predicted octanol–water partition coefficient (Wildman–Crippen LogP) is 2.92. The van der Waals surface area contributed by atoms with E-state index in [1.807, 2.05) is 48.5 Å². The van der Waals surface area contributed by atoms with Crippen LogP contribution in [0.25, 0.3) is 11.3 Å². The molecule has 0 bridgehead atoms. The highest BCUT2D eigenvalue weighted by Crippen LogP contribution is 2.15. The molecule has 0 aliphatic rings. The number of nitrogen functional groups attached to an aromatic ring is 1. The van der Waals surface area contributed by atoms with Crippen molar-refractivity contribution >= 4 is 5.82 Å². The lowest BCUT2D eigenvalue weighted by Gasteiger charge is -2.05. The van der Waals surface area contributed by atoms with Gasteiger partial charge >= 0.3 is 0 Å². The average molecular weight is 264 g/mol. The van der Waals surface area contributed by atoms with Crippen molar-refractivity contribution in [2.75, 3.05) is 5.73 Å². The Bertz CT molecular complexity index is 643. The van der Waals surface area contributed by atoms with Crippen LogP contribution < -0.4 is 10.4 Å². The molecule has 1 heterocycles. The van der Waals surface area contributed by atoms with E-state index in [1.165, 1.54) is 0 Å². The van der Waals surface area contributed by atoms with E-state index >= 15 is 0 Å². The van der Waals surface area contributed by atoms with E-state index in [0.29, 0.717) is 12.4 Å². The molecule has 2 N–H and O–H groups in total. The monoisotopic (exact) mass is 264 g/mol. The summed E-state index contributed by atoms with van der Waals surface area (Å²) in [4.78, 5) is 0. The van der Waals surface area contributed by atoms with Crippen molar-refractivity contribution in [3.8, 4) is 11.3 Å². The van der Waals surface area contributed by atoms with Crippen LogP contribution >= 0.6 is 0 Å². The third-order valence-corrected chi connectivity index (χ3v) is 2.93. The standard InChI is InChI=1S/C17H17N3/c1-3-8-14(4-2)13-20-17(18)12-11-16(19-20)15-9-6-5-7-10-15/h3-12,18H,1-2,13H2/p+1/b14-8+. The van der Waals surface area contributed by atoms with Gasteiger partial charge < -0.3 is 0 Å². The number of rotatable bonds is 5. The van der Waals surface area contributed by atoms with E-state index in [4.69, 9.17) is 5.73 Å². The zero-order valence-electron chi connectivity index (χ0n) is 11.4. The lowest BCUT2D eigenvalue weighted by Crippen LogP contribution is -2.42. The van der Waals surface area contributed by atoms with Crippen molar-refractivity contribution in [1.82, 2.24) is 5.10 Å². The first kappa shape index (κ1) is 13.7. The maximum absolute atomic E-state index is 5.98. The molecular weight excluding hydrogens is 246 g/mol. The fourth-order valence-electron chi connectivity index (χ4n) is 1.87. The van der Waals surface area contributed by atoms with Gasteiger partial charge in [0.15, 0.2) is 0 Å². The first-order chi connectivity index (χ1) is 9.74. The smallest absolute Gasteiger partial charge is 0.285 e. The molecule has 3 heteroatoms. The second-order valence-electron chi connectivity index (χ2n) is 4.35. The second kappa shape index (κ2) is 6.48. The van der Waals surface area contributed by atoms with Gasteiger partial charge in [0.25, 0.3) is 5.82 Å². The minimum absolute atomic E-state index is 0.571. The lowest BCUT2D eigenvalue weighted by atomic mass is 10.1. The van der Waals surface area contributed by atoms with Crippen LogP contribution in [0, 0.1) is 0 Å². The highest BCUT2D eigenvalue weighted by molar-refractivity contribution is 5.58. The molecule has 0 fully saturated rings. The Kier molecular flexibility index (Phi) is 4.45. The summed E-state index contributed by atoms with van der Waals surface area (Å²) in [5.41, 5.74) is 8.94. The van der Waals surface area contributed by atoms with Gasteiger partial charge in [-0.3, -0.25) is 5.73 Å². The zero-order valence-corrected chi connectivity index (χ0v) is 11.4. The van der Waals surface area contributed by atoms with Crippen LogP contribution in [-0.2, 0) is 6.54 Å². The molecule has 100 valence electrons. The van der Waals surface area contributed by atoms with Gasteiger partial charge in [0.05, 0.1) is 0 Å².